The molecule has 6 nitrogen and oxygen atoms in total. The molecule has 0 atom stereocenters. The Morgan fingerprint density at radius 3 is 2.59 bits per heavy atom. The molecule has 9 heteroatoms. The van der Waals surface area contributed by atoms with Gasteiger partial charge in [-0.05, 0) is 61.4 Å². The summed E-state index contributed by atoms with van der Waals surface area (Å²) in [5, 5.41) is 18.1. The van der Waals surface area contributed by atoms with Crippen LogP contribution in [-0.2, 0) is 9.53 Å². The number of benzene rings is 2. The molecule has 6 rings (SSSR count). The van der Waals surface area contributed by atoms with Gasteiger partial charge in [0.1, 0.15) is 0 Å². The molecule has 3 heterocycles. The van der Waals surface area contributed by atoms with Crippen molar-refractivity contribution in [1.29, 1.82) is 0 Å². The maximum Gasteiger partial charge on any atom is 0.341 e. The van der Waals surface area contributed by atoms with Crippen LogP contribution >= 0.6 is 0 Å². The van der Waals surface area contributed by atoms with E-state index in [0.717, 1.165) is 52.0 Å². The molecule has 34 heavy (non-hydrogen) atoms. The molecule has 2 aromatic carbocycles. The molecule has 2 aromatic heterocycles. The van der Waals surface area contributed by atoms with Gasteiger partial charge in [0.2, 0.25) is 5.67 Å². The molecule has 1 aliphatic carbocycles. The van der Waals surface area contributed by atoms with E-state index in [2.05, 4.69) is 10.2 Å². The van der Waals surface area contributed by atoms with E-state index >= 15 is 0 Å². The van der Waals surface area contributed by atoms with Crippen LogP contribution in [-0.4, -0.2) is 44.7 Å². The van der Waals surface area contributed by atoms with Gasteiger partial charge in [0.15, 0.2) is 11.6 Å². The number of aliphatic carboxylic acids is 1. The first kappa shape index (κ1) is 21.2. The number of ether oxygens (including phenoxy) is 1. The normalized spacial score (nSPS) is 23.4. The lowest BCUT2D eigenvalue weighted by Crippen LogP contribution is -2.45. The van der Waals surface area contributed by atoms with Gasteiger partial charge in [0, 0.05) is 47.4 Å². The molecular weight excluding hydrogens is 447 g/mol. The van der Waals surface area contributed by atoms with Gasteiger partial charge in [-0.2, -0.15) is 5.10 Å². The fourth-order valence-electron chi connectivity index (χ4n) is 5.57. The summed E-state index contributed by atoms with van der Waals surface area (Å²) in [4.78, 5) is 11.5. The Bertz CT molecular complexity index is 1430. The molecule has 1 saturated carbocycles. The number of rotatable bonds is 4. The second-order valence-corrected chi connectivity index (χ2v) is 9.32. The van der Waals surface area contributed by atoms with E-state index in [1.54, 1.807) is 6.20 Å². The lowest BCUT2D eigenvalue weighted by Gasteiger charge is -2.39. The summed E-state index contributed by atoms with van der Waals surface area (Å²) < 4.78 is 50.5. The number of halogens is 3. The van der Waals surface area contributed by atoms with Gasteiger partial charge in [-0.3, -0.25) is 5.10 Å². The van der Waals surface area contributed by atoms with Gasteiger partial charge in [-0.1, -0.05) is 0 Å². The van der Waals surface area contributed by atoms with Gasteiger partial charge in [-0.25, -0.2) is 18.0 Å². The maximum absolute atomic E-state index is 14.8. The first-order valence-corrected chi connectivity index (χ1v) is 11.3. The van der Waals surface area contributed by atoms with E-state index in [1.807, 2.05) is 16.7 Å². The van der Waals surface area contributed by atoms with Gasteiger partial charge in [0.25, 0.3) is 0 Å². The van der Waals surface area contributed by atoms with Crippen molar-refractivity contribution in [2.75, 3.05) is 13.2 Å². The molecule has 0 radical (unpaired) electrons. The summed E-state index contributed by atoms with van der Waals surface area (Å²) >= 11 is 0. The van der Waals surface area contributed by atoms with Crippen molar-refractivity contribution >= 4 is 27.8 Å². The van der Waals surface area contributed by atoms with Gasteiger partial charge >= 0.3 is 5.97 Å². The standard InChI is InChI=1S/C25H22F3N3O3/c26-18-2-1-16(8-19(18)27)31-21-7-14-12-29-30-20(14)9-17(21)22(15-10-25(28,11-15)24(32)33)23(31)13-3-5-34-6-4-13/h1-2,7-9,12-13,15H,3-6,10-11H2,(H,29,30)(H,32,33). The van der Waals surface area contributed by atoms with Crippen molar-refractivity contribution in [2.45, 2.75) is 43.2 Å². The molecular formula is C25H22F3N3O3. The Hall–Kier alpha value is -3.33. The van der Waals surface area contributed by atoms with Crippen molar-refractivity contribution in [1.82, 2.24) is 14.8 Å². The molecule has 0 bridgehead atoms. The lowest BCUT2D eigenvalue weighted by molar-refractivity contribution is -0.158. The fraction of sp³-hybridized carbons (Fsp3) is 0.360. The number of aromatic amines is 1. The smallest absolute Gasteiger partial charge is 0.341 e. The van der Waals surface area contributed by atoms with Gasteiger partial charge in [0.05, 0.1) is 17.2 Å². The third-order valence-electron chi connectivity index (χ3n) is 7.31. The van der Waals surface area contributed by atoms with Crippen molar-refractivity contribution in [3.05, 3.63) is 59.4 Å². The number of fused-ring (bicyclic) bond motifs is 2. The summed E-state index contributed by atoms with van der Waals surface area (Å²) in [5.41, 5.74) is 1.52. The number of hydrogen-bond acceptors (Lipinski definition) is 3. The largest absolute Gasteiger partial charge is 0.479 e. The Morgan fingerprint density at radius 1 is 1.12 bits per heavy atom. The van der Waals surface area contributed by atoms with Crippen molar-refractivity contribution in [3.63, 3.8) is 0 Å². The number of H-pyrrole nitrogens is 1. The minimum absolute atomic E-state index is 0.0418. The van der Waals surface area contributed by atoms with Crippen LogP contribution < -0.4 is 0 Å². The highest BCUT2D eigenvalue weighted by Crippen LogP contribution is 2.53. The summed E-state index contributed by atoms with van der Waals surface area (Å²) in [5.74, 6) is -3.61. The number of carbonyl (C=O) groups is 1. The number of nitrogens with one attached hydrogen (secondary N) is 1. The van der Waals surface area contributed by atoms with Crippen molar-refractivity contribution in [3.8, 4) is 5.69 Å². The van der Waals surface area contributed by atoms with Crippen LogP contribution in [0.4, 0.5) is 13.2 Å². The monoisotopic (exact) mass is 469 g/mol. The first-order chi connectivity index (χ1) is 16.4. The topological polar surface area (TPSA) is 80.1 Å². The Morgan fingerprint density at radius 2 is 1.88 bits per heavy atom. The zero-order chi connectivity index (χ0) is 23.6. The van der Waals surface area contributed by atoms with E-state index in [9.17, 15) is 23.1 Å². The maximum atomic E-state index is 14.8. The number of aromatic nitrogens is 3. The predicted molar refractivity (Wildman–Crippen MR) is 119 cm³/mol. The quantitative estimate of drug-likeness (QED) is 0.422. The molecule has 2 fully saturated rings. The molecule has 2 aliphatic rings. The van der Waals surface area contributed by atoms with Crippen LogP contribution in [0.25, 0.3) is 27.5 Å². The molecule has 2 N–H and O–H groups in total. The Kier molecular flexibility index (Phi) is 4.74. The van der Waals surface area contributed by atoms with Crippen LogP contribution in [0.3, 0.4) is 0 Å². The minimum Gasteiger partial charge on any atom is -0.479 e. The highest BCUT2D eigenvalue weighted by Gasteiger charge is 2.53. The van der Waals surface area contributed by atoms with E-state index in [0.29, 0.717) is 18.9 Å². The van der Waals surface area contributed by atoms with Gasteiger partial charge in [-0.15, -0.1) is 0 Å². The zero-order valence-electron chi connectivity index (χ0n) is 18.2. The van der Waals surface area contributed by atoms with Crippen LogP contribution in [0, 0.1) is 11.6 Å². The predicted octanol–water partition coefficient (Wildman–Crippen LogP) is 5.35. The fourth-order valence-corrected chi connectivity index (χ4v) is 5.57. The van der Waals surface area contributed by atoms with E-state index in [-0.39, 0.29) is 24.7 Å². The SMILES string of the molecule is O=C(O)C1(F)CC(c2c(C3CCOCC3)n(-c3ccc(F)c(F)c3)c3cc4cn[nH]c4cc23)C1. The number of nitrogens with zero attached hydrogens (tertiary/aromatic N) is 2. The molecule has 1 saturated heterocycles. The molecule has 1 aliphatic heterocycles. The summed E-state index contributed by atoms with van der Waals surface area (Å²) in [7, 11) is 0. The molecule has 0 unspecified atom stereocenters. The zero-order valence-corrected chi connectivity index (χ0v) is 18.2. The number of carboxylic acid groups (broad SMARTS) is 1. The van der Waals surface area contributed by atoms with Crippen molar-refractivity contribution < 1.29 is 27.8 Å². The first-order valence-electron chi connectivity index (χ1n) is 11.3. The summed E-state index contributed by atoms with van der Waals surface area (Å²) in [6.07, 6.45) is 2.87. The summed E-state index contributed by atoms with van der Waals surface area (Å²) in [6, 6.07) is 7.66. The highest BCUT2D eigenvalue weighted by atomic mass is 19.2. The van der Waals surface area contributed by atoms with E-state index in [4.69, 9.17) is 4.74 Å². The van der Waals surface area contributed by atoms with Crippen LogP contribution in [0.1, 0.15) is 48.8 Å². The minimum atomic E-state index is -2.26. The lowest BCUT2D eigenvalue weighted by atomic mass is 9.67. The second kappa shape index (κ2) is 7.59. The number of hydrogen-bond donors (Lipinski definition) is 2. The molecule has 176 valence electrons. The Labute approximate surface area is 192 Å². The average Bonchev–Trinajstić information content (AvgIpc) is 3.39. The van der Waals surface area contributed by atoms with Crippen molar-refractivity contribution in [2.24, 2.45) is 0 Å². The third kappa shape index (κ3) is 3.14. The Balaban J connectivity index is 1.65. The van der Waals surface area contributed by atoms with Crippen LogP contribution in [0.2, 0.25) is 0 Å². The molecule has 4 aromatic rings. The summed E-state index contributed by atoms with van der Waals surface area (Å²) in [6.45, 7) is 1.11. The van der Waals surface area contributed by atoms with Crippen LogP contribution in [0.15, 0.2) is 36.5 Å². The highest BCUT2D eigenvalue weighted by molar-refractivity contribution is 5.99. The molecule has 0 amide bonds. The van der Waals surface area contributed by atoms with E-state index < -0.39 is 23.3 Å². The van der Waals surface area contributed by atoms with Crippen LogP contribution in [0.5, 0.6) is 0 Å². The number of alkyl halides is 1. The average molecular weight is 469 g/mol. The molecule has 0 spiro atoms. The van der Waals surface area contributed by atoms with Gasteiger partial charge < -0.3 is 14.4 Å². The van der Waals surface area contributed by atoms with E-state index in [1.165, 1.54) is 12.1 Å². The second-order valence-electron chi connectivity index (χ2n) is 9.32. The third-order valence-corrected chi connectivity index (χ3v) is 7.31. The number of carboxylic acids is 1.